The molecule has 64 heavy (non-hydrogen) atoms. The molecule has 0 saturated carbocycles. The lowest BCUT2D eigenvalue weighted by Gasteiger charge is -2.45. The fourth-order valence-electron chi connectivity index (χ4n) is 8.46. The van der Waals surface area contributed by atoms with Crippen LogP contribution in [-0.4, -0.2) is 168 Å². The number of carbonyl (C=O) groups excluding carboxylic acids is 2. The summed E-state index contributed by atoms with van der Waals surface area (Å²) in [5.41, 5.74) is 11.7. The van der Waals surface area contributed by atoms with Crippen molar-refractivity contribution in [1.82, 2.24) is 0 Å². The minimum atomic E-state index is -2.21. The molecule has 0 aromatic carbocycles. The summed E-state index contributed by atoms with van der Waals surface area (Å²) in [5, 5.41) is 97.1. The Morgan fingerprint density at radius 1 is 0.703 bits per heavy atom. The number of esters is 1. The van der Waals surface area contributed by atoms with E-state index < -0.39 is 153 Å². The van der Waals surface area contributed by atoms with E-state index in [-0.39, 0.29) is 31.6 Å². The Balaban J connectivity index is 1.61. The number of ether oxygens (including phenoxy) is 6. The average Bonchev–Trinajstić information content (AvgIpc) is 3.21. The molecule has 19 heteroatoms. The van der Waals surface area contributed by atoms with Crippen LogP contribution in [-0.2, 0) is 38.0 Å². The molecule has 1 amide bonds. The SMILES string of the molecule is CC1OC(=O)C[C@H](O)C(O)CC[C@H](O)CC2(O)CC(O)[C@@H](C(N)=O)C(C[C@@H](O[C@@H]3O[C@H](C)[C@@H](O)[C@H](N)[C@@H]3O)/C=C/C=C/C=C/C=C/C=C/C(C)[C@@H](OC3C[C@@H](O)[C@@H](O)[C@H](C)O3)C1C)O2. The van der Waals surface area contributed by atoms with Crippen LogP contribution in [0.25, 0.3) is 0 Å². The Hall–Kier alpha value is -2.96. The largest absolute Gasteiger partial charge is 0.462 e. The van der Waals surface area contributed by atoms with Gasteiger partial charge in [0, 0.05) is 37.5 Å². The van der Waals surface area contributed by atoms with Crippen molar-refractivity contribution in [2.24, 2.45) is 29.2 Å². The van der Waals surface area contributed by atoms with E-state index in [1.165, 1.54) is 0 Å². The summed E-state index contributed by atoms with van der Waals surface area (Å²) in [6, 6.07) is -1.12. The molecule has 0 aromatic heterocycles. The number of aliphatic hydroxyl groups excluding tert-OH is 8. The van der Waals surface area contributed by atoms with Crippen LogP contribution >= 0.6 is 0 Å². The second-order valence-electron chi connectivity index (χ2n) is 17.8. The molecule has 4 rings (SSSR count). The Morgan fingerprint density at radius 3 is 1.94 bits per heavy atom. The molecule has 0 radical (unpaired) electrons. The third-order valence-corrected chi connectivity index (χ3v) is 12.5. The number of rotatable bonds is 5. The number of fused-ring (bicyclic) bond motifs is 2. The highest BCUT2D eigenvalue weighted by atomic mass is 16.7. The molecule has 0 aromatic rings. The first-order valence-electron chi connectivity index (χ1n) is 22.2. The molecular formula is C45H72N2O17. The van der Waals surface area contributed by atoms with Gasteiger partial charge in [-0.05, 0) is 33.6 Å². The predicted molar refractivity (Wildman–Crippen MR) is 229 cm³/mol. The summed E-state index contributed by atoms with van der Waals surface area (Å²) < 4.78 is 35.8. The lowest BCUT2D eigenvalue weighted by molar-refractivity contribution is -0.306. The summed E-state index contributed by atoms with van der Waals surface area (Å²) >= 11 is 0. The number of primary amides is 1. The van der Waals surface area contributed by atoms with Crippen LogP contribution < -0.4 is 11.5 Å². The number of nitrogens with two attached hydrogens (primary N) is 2. The molecular weight excluding hydrogens is 840 g/mol. The lowest BCUT2D eigenvalue weighted by atomic mass is 9.82. The molecule has 3 fully saturated rings. The topological polar surface area (TPSA) is 324 Å². The van der Waals surface area contributed by atoms with Crippen molar-refractivity contribution in [3.8, 4) is 0 Å². The van der Waals surface area contributed by atoms with Crippen molar-refractivity contribution in [2.75, 3.05) is 0 Å². The van der Waals surface area contributed by atoms with E-state index in [1.807, 2.05) is 26.0 Å². The molecule has 3 saturated heterocycles. The predicted octanol–water partition coefficient (Wildman–Crippen LogP) is -0.621. The molecule has 8 unspecified atom stereocenters. The zero-order chi connectivity index (χ0) is 47.5. The fraction of sp³-hybridized carbons (Fsp3) is 0.733. The monoisotopic (exact) mass is 912 g/mol. The zero-order valence-corrected chi connectivity index (χ0v) is 37.2. The maximum Gasteiger partial charge on any atom is 0.308 e. The molecule has 19 nitrogen and oxygen atoms in total. The van der Waals surface area contributed by atoms with Crippen molar-refractivity contribution in [1.29, 1.82) is 0 Å². The highest BCUT2D eigenvalue weighted by Crippen LogP contribution is 2.38. The van der Waals surface area contributed by atoms with Gasteiger partial charge in [0.1, 0.15) is 18.3 Å². The van der Waals surface area contributed by atoms with Crippen LogP contribution in [0.5, 0.6) is 0 Å². The van der Waals surface area contributed by atoms with Gasteiger partial charge in [0.25, 0.3) is 0 Å². The molecule has 0 spiro atoms. The van der Waals surface area contributed by atoms with E-state index in [2.05, 4.69) is 0 Å². The summed E-state index contributed by atoms with van der Waals surface area (Å²) in [6.07, 6.45) is -3.04. The molecule has 0 aliphatic carbocycles. The molecule has 2 bridgehead atoms. The molecule has 4 aliphatic rings. The zero-order valence-electron chi connectivity index (χ0n) is 37.2. The highest BCUT2D eigenvalue weighted by Gasteiger charge is 2.50. The molecule has 4 heterocycles. The number of hydrogen-bond donors (Lipinski definition) is 11. The van der Waals surface area contributed by atoms with Crippen LogP contribution in [0.4, 0.5) is 0 Å². The maximum atomic E-state index is 13.1. The molecule has 4 aliphatic heterocycles. The molecule has 13 N–H and O–H groups in total. The number of amides is 1. The second-order valence-corrected chi connectivity index (χ2v) is 17.8. The van der Waals surface area contributed by atoms with Gasteiger partial charge in [0.05, 0.1) is 85.5 Å². The van der Waals surface area contributed by atoms with Crippen molar-refractivity contribution in [3.63, 3.8) is 0 Å². The maximum absolute atomic E-state index is 13.1. The van der Waals surface area contributed by atoms with Crippen LogP contribution in [0.1, 0.15) is 79.6 Å². The van der Waals surface area contributed by atoms with Crippen LogP contribution in [0.15, 0.2) is 60.8 Å². The fourth-order valence-corrected chi connectivity index (χ4v) is 8.46. The van der Waals surface area contributed by atoms with E-state index in [0.29, 0.717) is 0 Å². The first kappa shape index (κ1) is 53.7. The van der Waals surface area contributed by atoms with Gasteiger partial charge >= 0.3 is 5.97 Å². The van der Waals surface area contributed by atoms with Gasteiger partial charge in [-0.1, -0.05) is 74.6 Å². The quantitative estimate of drug-likeness (QED) is 0.153. The smallest absolute Gasteiger partial charge is 0.308 e. The van der Waals surface area contributed by atoms with Crippen LogP contribution in [0.2, 0.25) is 0 Å². The number of carbonyl (C=O) groups is 2. The third kappa shape index (κ3) is 15.3. The summed E-state index contributed by atoms with van der Waals surface area (Å²) in [5.74, 6) is -6.02. The van der Waals surface area contributed by atoms with Gasteiger partial charge in [-0.25, -0.2) is 0 Å². The van der Waals surface area contributed by atoms with E-state index in [1.54, 1.807) is 69.4 Å². The Bertz CT molecular complexity index is 1620. The van der Waals surface area contributed by atoms with Gasteiger partial charge in [0.15, 0.2) is 18.4 Å². The van der Waals surface area contributed by atoms with Gasteiger partial charge in [-0.3, -0.25) is 9.59 Å². The Labute approximate surface area is 374 Å². The van der Waals surface area contributed by atoms with E-state index in [9.17, 15) is 55.5 Å². The molecule has 364 valence electrons. The third-order valence-electron chi connectivity index (χ3n) is 12.5. The first-order valence-corrected chi connectivity index (χ1v) is 22.2. The lowest BCUT2D eigenvalue weighted by Crippen LogP contribution is -2.61. The van der Waals surface area contributed by atoms with Gasteiger partial charge in [-0.15, -0.1) is 0 Å². The van der Waals surface area contributed by atoms with Crippen LogP contribution in [0.3, 0.4) is 0 Å². The van der Waals surface area contributed by atoms with E-state index in [4.69, 9.17) is 39.9 Å². The number of hydrogen-bond acceptors (Lipinski definition) is 18. The highest BCUT2D eigenvalue weighted by molar-refractivity contribution is 5.78. The first-order chi connectivity index (χ1) is 30.1. The van der Waals surface area contributed by atoms with E-state index >= 15 is 0 Å². The van der Waals surface area contributed by atoms with Crippen molar-refractivity contribution in [3.05, 3.63) is 60.8 Å². The number of cyclic esters (lactones) is 1. The van der Waals surface area contributed by atoms with Gasteiger partial charge in [-0.2, -0.15) is 0 Å². The Morgan fingerprint density at radius 2 is 1.31 bits per heavy atom. The Kier molecular flexibility index (Phi) is 20.7. The normalized spacial score (nSPS) is 47.8. The van der Waals surface area contributed by atoms with Crippen molar-refractivity contribution < 1.29 is 84.0 Å². The van der Waals surface area contributed by atoms with E-state index in [0.717, 1.165) is 0 Å². The van der Waals surface area contributed by atoms with Gasteiger partial charge < -0.3 is 85.8 Å². The molecule has 21 atom stereocenters. The van der Waals surface area contributed by atoms with Gasteiger partial charge in [0.2, 0.25) is 5.91 Å². The van der Waals surface area contributed by atoms with Crippen molar-refractivity contribution in [2.45, 2.75) is 189 Å². The van der Waals surface area contributed by atoms with Crippen molar-refractivity contribution >= 4 is 11.9 Å². The second kappa shape index (κ2) is 24.7. The minimum absolute atomic E-state index is 0.0147. The number of allylic oxidation sites excluding steroid dienone is 8. The van der Waals surface area contributed by atoms with Crippen LogP contribution in [0, 0.1) is 17.8 Å². The summed E-state index contributed by atoms with van der Waals surface area (Å²) in [4.78, 5) is 25.7. The standard InChI is InChI=1S/C45H72N2O17/c1-23-14-12-10-8-6-7-9-11-13-15-29(62-44-41(56)38(46)40(55)27(5)61-44)18-34-37(43(47)57)33(52)22-45(58,64-34)21-28(48)16-17-30(49)31(50)19-35(53)59-25(3)24(2)42(23)63-36-20-32(51)39(54)26(4)60-36/h6-15,23-34,36-42,44,48-52,54-56,58H,16-22,46H2,1-5H3,(H2,47,57)/b7-6+,10-8+,11-9+,14-12+,15-13+/t23?,24?,25?,26-,27+,28-,29-,30?,31-,32+,33?,34?,36?,37+,38-,39-,40+,41-,42+,44-,45?/m0/s1. The summed E-state index contributed by atoms with van der Waals surface area (Å²) in [6.45, 7) is 8.57. The number of aliphatic hydroxyl groups is 9. The average molecular weight is 913 g/mol. The minimum Gasteiger partial charge on any atom is -0.462 e. The summed E-state index contributed by atoms with van der Waals surface area (Å²) in [7, 11) is 0.